The number of fused-ring (bicyclic) bond motifs is 1. The lowest BCUT2D eigenvalue weighted by Gasteiger charge is -2.33. The number of nitrogens with zero attached hydrogens (tertiary/aromatic N) is 1. The van der Waals surface area contributed by atoms with E-state index in [-0.39, 0.29) is 5.91 Å². The first kappa shape index (κ1) is 19.6. The zero-order chi connectivity index (χ0) is 19.5. The van der Waals surface area contributed by atoms with Crippen molar-refractivity contribution in [2.45, 2.75) is 31.8 Å². The predicted molar refractivity (Wildman–Crippen MR) is 107 cm³/mol. The van der Waals surface area contributed by atoms with Crippen molar-refractivity contribution in [1.29, 1.82) is 0 Å². The number of anilines is 1. The number of likely N-dealkylation sites (tertiary alicyclic amines) is 1. The number of ether oxygens (including phenoxy) is 3. The summed E-state index contributed by atoms with van der Waals surface area (Å²) in [6, 6.07) is 1.56. The summed E-state index contributed by atoms with van der Waals surface area (Å²) >= 11 is 6.17. The normalized spacial score (nSPS) is 23.0. The molecule has 2 saturated heterocycles. The highest BCUT2D eigenvalue weighted by molar-refractivity contribution is 6.34. The van der Waals surface area contributed by atoms with Gasteiger partial charge in [0.2, 0.25) is 0 Å². The van der Waals surface area contributed by atoms with Gasteiger partial charge in [0.05, 0.1) is 22.4 Å². The van der Waals surface area contributed by atoms with Crippen molar-refractivity contribution in [2.24, 2.45) is 5.92 Å². The third kappa shape index (κ3) is 4.31. The number of hydrogen-bond acceptors (Lipinski definition) is 6. The molecule has 0 radical (unpaired) electrons. The zero-order valence-corrected chi connectivity index (χ0v) is 16.8. The first-order valence-electron chi connectivity index (χ1n) is 10.1. The number of piperidine rings is 1. The van der Waals surface area contributed by atoms with Crippen molar-refractivity contribution in [3.63, 3.8) is 0 Å². The smallest absolute Gasteiger partial charge is 0.255 e. The van der Waals surface area contributed by atoms with Gasteiger partial charge >= 0.3 is 0 Å². The number of nitrogens with two attached hydrogens (primary N) is 1. The Bertz CT molecular complexity index is 716. The molecule has 1 atom stereocenters. The summed E-state index contributed by atoms with van der Waals surface area (Å²) in [5, 5.41) is 3.34. The molecular weight excluding hydrogens is 382 g/mol. The number of nitrogens with one attached hydrogen (secondary N) is 1. The number of halogens is 1. The SMILES string of the molecule is Nc1c(Cl)cc(C(=O)NCC2CCN(CC3CCCO3)CC2)c2c1OCCO2. The molecule has 1 aromatic carbocycles. The molecule has 0 aliphatic carbocycles. The average Bonchev–Trinajstić information content (AvgIpc) is 3.23. The number of rotatable bonds is 5. The Kier molecular flexibility index (Phi) is 6.13. The molecule has 3 N–H and O–H groups in total. The minimum atomic E-state index is -0.203. The van der Waals surface area contributed by atoms with Crippen LogP contribution in [0.2, 0.25) is 5.02 Å². The molecule has 3 aliphatic heterocycles. The molecule has 7 nitrogen and oxygen atoms in total. The van der Waals surface area contributed by atoms with E-state index in [9.17, 15) is 4.79 Å². The Morgan fingerprint density at radius 2 is 1.93 bits per heavy atom. The van der Waals surface area contributed by atoms with Crippen LogP contribution in [-0.2, 0) is 4.74 Å². The maximum Gasteiger partial charge on any atom is 0.255 e. The summed E-state index contributed by atoms with van der Waals surface area (Å²) < 4.78 is 16.9. The van der Waals surface area contributed by atoms with E-state index in [0.717, 1.165) is 39.1 Å². The molecule has 8 heteroatoms. The lowest BCUT2D eigenvalue weighted by atomic mass is 9.96. The number of benzene rings is 1. The number of nitrogen functional groups attached to an aromatic ring is 1. The van der Waals surface area contributed by atoms with Crippen LogP contribution in [0.25, 0.3) is 0 Å². The van der Waals surface area contributed by atoms with E-state index in [1.807, 2.05) is 0 Å². The molecule has 3 heterocycles. The Labute approximate surface area is 170 Å². The lowest BCUT2D eigenvalue weighted by Crippen LogP contribution is -2.41. The largest absolute Gasteiger partial charge is 0.485 e. The van der Waals surface area contributed by atoms with Crippen molar-refractivity contribution < 1.29 is 19.0 Å². The molecule has 4 rings (SSSR count). The van der Waals surface area contributed by atoms with Crippen LogP contribution in [0.4, 0.5) is 5.69 Å². The molecule has 0 saturated carbocycles. The van der Waals surface area contributed by atoms with Gasteiger partial charge in [0.25, 0.3) is 5.91 Å². The van der Waals surface area contributed by atoms with Gasteiger partial charge in [-0.1, -0.05) is 11.6 Å². The molecular formula is C20H28ClN3O4. The fourth-order valence-electron chi connectivity index (χ4n) is 4.15. The van der Waals surface area contributed by atoms with Crippen LogP contribution in [0.5, 0.6) is 11.5 Å². The highest BCUT2D eigenvalue weighted by Gasteiger charge is 2.27. The number of carbonyl (C=O) groups is 1. The zero-order valence-electron chi connectivity index (χ0n) is 16.0. The van der Waals surface area contributed by atoms with Gasteiger partial charge < -0.3 is 30.2 Å². The molecule has 0 aromatic heterocycles. The van der Waals surface area contributed by atoms with Gasteiger partial charge in [-0.3, -0.25) is 4.79 Å². The molecule has 28 heavy (non-hydrogen) atoms. The van der Waals surface area contributed by atoms with Crippen LogP contribution in [0.1, 0.15) is 36.0 Å². The molecule has 1 amide bonds. The average molecular weight is 410 g/mol. The third-order valence-electron chi connectivity index (χ3n) is 5.79. The minimum absolute atomic E-state index is 0.203. The quantitative estimate of drug-likeness (QED) is 0.726. The maximum absolute atomic E-state index is 12.7. The molecule has 0 bridgehead atoms. The van der Waals surface area contributed by atoms with Crippen molar-refractivity contribution in [1.82, 2.24) is 10.2 Å². The van der Waals surface area contributed by atoms with Gasteiger partial charge in [-0.15, -0.1) is 0 Å². The summed E-state index contributed by atoms with van der Waals surface area (Å²) in [4.78, 5) is 15.2. The minimum Gasteiger partial charge on any atom is -0.485 e. The lowest BCUT2D eigenvalue weighted by molar-refractivity contribution is 0.0595. The van der Waals surface area contributed by atoms with E-state index in [1.54, 1.807) is 6.07 Å². The first-order chi connectivity index (χ1) is 13.6. The van der Waals surface area contributed by atoms with Crippen LogP contribution in [0, 0.1) is 5.92 Å². The van der Waals surface area contributed by atoms with E-state index < -0.39 is 0 Å². The fraction of sp³-hybridized carbons (Fsp3) is 0.650. The number of hydrogen-bond donors (Lipinski definition) is 2. The van der Waals surface area contributed by atoms with Crippen LogP contribution in [0.3, 0.4) is 0 Å². The van der Waals surface area contributed by atoms with Gasteiger partial charge in [0.1, 0.15) is 13.2 Å². The molecule has 154 valence electrons. The van der Waals surface area contributed by atoms with Crippen molar-refractivity contribution >= 4 is 23.2 Å². The van der Waals surface area contributed by atoms with Crippen molar-refractivity contribution in [2.75, 3.05) is 51.7 Å². The number of carbonyl (C=O) groups excluding carboxylic acids is 1. The Morgan fingerprint density at radius 3 is 2.64 bits per heavy atom. The number of amides is 1. The van der Waals surface area contributed by atoms with Gasteiger partial charge in [-0.25, -0.2) is 0 Å². The highest BCUT2D eigenvalue weighted by atomic mass is 35.5. The second-order valence-electron chi connectivity index (χ2n) is 7.76. The molecule has 2 fully saturated rings. The molecule has 0 spiro atoms. The van der Waals surface area contributed by atoms with Crippen molar-refractivity contribution in [3.05, 3.63) is 16.7 Å². The Balaban J connectivity index is 1.30. The van der Waals surface area contributed by atoms with Crippen molar-refractivity contribution in [3.8, 4) is 11.5 Å². The summed E-state index contributed by atoms with van der Waals surface area (Å²) in [5.41, 5.74) is 6.64. The predicted octanol–water partition coefficient (Wildman–Crippen LogP) is 2.31. The second-order valence-corrected chi connectivity index (χ2v) is 8.17. The molecule has 1 unspecified atom stereocenters. The van der Waals surface area contributed by atoms with E-state index in [1.165, 1.54) is 12.8 Å². The van der Waals surface area contributed by atoms with Crippen LogP contribution < -0.4 is 20.5 Å². The molecule has 1 aromatic rings. The standard InChI is InChI=1S/C20H28ClN3O4/c21-16-10-15(18-19(17(16)22)28-9-8-27-18)20(25)23-11-13-3-5-24(6-4-13)12-14-2-1-7-26-14/h10,13-14H,1-9,11-12,22H2,(H,23,25). The summed E-state index contributed by atoms with van der Waals surface area (Å²) in [6.07, 6.45) is 4.91. The van der Waals surface area contributed by atoms with Gasteiger partial charge in [0.15, 0.2) is 11.5 Å². The van der Waals surface area contributed by atoms with Gasteiger partial charge in [-0.2, -0.15) is 0 Å². The second kappa shape index (κ2) is 8.76. The Hall–Kier alpha value is -1.70. The highest BCUT2D eigenvalue weighted by Crippen LogP contribution is 2.43. The van der Waals surface area contributed by atoms with E-state index in [4.69, 9.17) is 31.5 Å². The fourth-order valence-corrected chi connectivity index (χ4v) is 4.34. The summed E-state index contributed by atoms with van der Waals surface area (Å²) in [7, 11) is 0. The topological polar surface area (TPSA) is 86.1 Å². The van der Waals surface area contributed by atoms with Crippen LogP contribution in [-0.4, -0.2) is 62.9 Å². The molecule has 3 aliphatic rings. The van der Waals surface area contributed by atoms with Gasteiger partial charge in [0, 0.05) is 19.7 Å². The third-order valence-corrected chi connectivity index (χ3v) is 6.10. The maximum atomic E-state index is 12.7. The van der Waals surface area contributed by atoms with Crippen LogP contribution >= 0.6 is 11.6 Å². The van der Waals surface area contributed by atoms with Crippen LogP contribution in [0.15, 0.2) is 6.07 Å². The first-order valence-corrected chi connectivity index (χ1v) is 10.5. The van der Waals surface area contributed by atoms with E-state index >= 15 is 0 Å². The van der Waals surface area contributed by atoms with E-state index in [0.29, 0.717) is 59.6 Å². The summed E-state index contributed by atoms with van der Waals surface area (Å²) in [5.74, 6) is 1.02. The van der Waals surface area contributed by atoms with Gasteiger partial charge in [-0.05, 0) is 50.8 Å². The Morgan fingerprint density at radius 1 is 1.18 bits per heavy atom. The monoisotopic (exact) mass is 409 g/mol. The summed E-state index contributed by atoms with van der Waals surface area (Å²) in [6.45, 7) is 5.47. The van der Waals surface area contributed by atoms with E-state index in [2.05, 4.69) is 10.2 Å².